The summed E-state index contributed by atoms with van der Waals surface area (Å²) in [5.41, 5.74) is 6.37. The molecular weight excluding hydrogens is 226 g/mol. The molecule has 0 spiro atoms. The Morgan fingerprint density at radius 2 is 2.12 bits per heavy atom. The van der Waals surface area contributed by atoms with Crippen LogP contribution in [0.25, 0.3) is 0 Å². The van der Waals surface area contributed by atoms with Gasteiger partial charge in [0.25, 0.3) is 0 Å². The molecule has 0 aromatic carbocycles. The van der Waals surface area contributed by atoms with Crippen LogP contribution in [0, 0.1) is 11.8 Å². The van der Waals surface area contributed by atoms with Gasteiger partial charge in [0.15, 0.2) is 0 Å². The Morgan fingerprint density at radius 1 is 1.35 bits per heavy atom. The first-order valence-electron chi connectivity index (χ1n) is 7.10. The van der Waals surface area contributed by atoms with Crippen LogP contribution >= 0.6 is 11.3 Å². The third-order valence-corrected chi connectivity index (χ3v) is 5.21. The summed E-state index contributed by atoms with van der Waals surface area (Å²) in [4.78, 5) is 1.38. The highest BCUT2D eigenvalue weighted by molar-refractivity contribution is 7.10. The Kier molecular flexibility index (Phi) is 5.05. The van der Waals surface area contributed by atoms with Crippen LogP contribution in [0.15, 0.2) is 17.5 Å². The lowest BCUT2D eigenvalue weighted by Gasteiger charge is -2.31. The highest BCUT2D eigenvalue weighted by Crippen LogP contribution is 2.38. The number of unbranched alkanes of at least 4 members (excludes halogenated alkanes) is 1. The summed E-state index contributed by atoms with van der Waals surface area (Å²) in [6.07, 6.45) is 9.69. The van der Waals surface area contributed by atoms with Gasteiger partial charge in [-0.15, -0.1) is 11.3 Å². The van der Waals surface area contributed by atoms with Crippen LogP contribution in [0.1, 0.15) is 62.8 Å². The van der Waals surface area contributed by atoms with Gasteiger partial charge < -0.3 is 5.73 Å². The topological polar surface area (TPSA) is 26.0 Å². The van der Waals surface area contributed by atoms with Crippen LogP contribution in [0.3, 0.4) is 0 Å². The van der Waals surface area contributed by atoms with Gasteiger partial charge >= 0.3 is 0 Å². The minimum Gasteiger partial charge on any atom is -0.323 e. The molecule has 1 saturated carbocycles. The van der Waals surface area contributed by atoms with Crippen LogP contribution in [-0.2, 0) is 0 Å². The van der Waals surface area contributed by atoms with Crippen molar-refractivity contribution < 1.29 is 0 Å². The van der Waals surface area contributed by atoms with E-state index in [1.165, 1.54) is 49.8 Å². The normalized spacial score (nSPS) is 26.9. The molecule has 1 heterocycles. The summed E-state index contributed by atoms with van der Waals surface area (Å²) >= 11 is 1.81. The fourth-order valence-corrected chi connectivity index (χ4v) is 3.86. The maximum Gasteiger partial charge on any atom is 0.0418 e. The molecule has 0 radical (unpaired) electrons. The molecule has 0 aliphatic heterocycles. The third-order valence-electron chi connectivity index (χ3n) is 4.24. The van der Waals surface area contributed by atoms with E-state index in [1.807, 2.05) is 11.3 Å². The molecule has 96 valence electrons. The lowest BCUT2D eigenvalue weighted by Crippen LogP contribution is -2.25. The molecule has 2 heteroatoms. The first-order valence-corrected chi connectivity index (χ1v) is 7.98. The molecule has 0 bridgehead atoms. The average Bonchev–Trinajstić information content (AvgIpc) is 2.90. The lowest BCUT2D eigenvalue weighted by atomic mass is 9.77. The van der Waals surface area contributed by atoms with Gasteiger partial charge in [-0.1, -0.05) is 45.1 Å². The smallest absolute Gasteiger partial charge is 0.0418 e. The van der Waals surface area contributed by atoms with Gasteiger partial charge in [0.05, 0.1) is 0 Å². The second-order valence-corrected chi connectivity index (χ2v) is 6.44. The summed E-state index contributed by atoms with van der Waals surface area (Å²) in [6.45, 7) is 2.29. The van der Waals surface area contributed by atoms with Crippen LogP contribution in [-0.4, -0.2) is 0 Å². The molecule has 17 heavy (non-hydrogen) atoms. The maximum atomic E-state index is 6.37. The minimum atomic E-state index is 0.294. The van der Waals surface area contributed by atoms with Gasteiger partial charge in [0, 0.05) is 10.9 Å². The van der Waals surface area contributed by atoms with Crippen molar-refractivity contribution in [1.82, 2.24) is 0 Å². The Hall–Kier alpha value is -0.340. The second kappa shape index (κ2) is 6.55. The Morgan fingerprint density at radius 3 is 2.71 bits per heavy atom. The first kappa shape index (κ1) is 13.1. The molecular formula is C15H25NS. The van der Waals surface area contributed by atoms with Gasteiger partial charge in [-0.05, 0) is 36.1 Å². The highest BCUT2D eigenvalue weighted by Gasteiger charge is 2.26. The maximum absolute atomic E-state index is 6.37. The number of rotatable bonds is 5. The van der Waals surface area contributed by atoms with Crippen LogP contribution < -0.4 is 5.73 Å². The van der Waals surface area contributed by atoms with Gasteiger partial charge in [-0.2, -0.15) is 0 Å². The predicted molar refractivity (Wildman–Crippen MR) is 76.2 cm³/mol. The molecule has 0 saturated heterocycles. The monoisotopic (exact) mass is 251 g/mol. The van der Waals surface area contributed by atoms with Crippen molar-refractivity contribution in [2.45, 2.75) is 57.9 Å². The van der Waals surface area contributed by atoms with E-state index in [9.17, 15) is 0 Å². The highest BCUT2D eigenvalue weighted by atomic mass is 32.1. The minimum absolute atomic E-state index is 0.294. The molecule has 1 nitrogen and oxygen atoms in total. The fraction of sp³-hybridized carbons (Fsp3) is 0.733. The van der Waals surface area contributed by atoms with Crippen molar-refractivity contribution in [3.8, 4) is 0 Å². The van der Waals surface area contributed by atoms with Crippen LogP contribution in [0.2, 0.25) is 0 Å². The van der Waals surface area contributed by atoms with E-state index in [-0.39, 0.29) is 0 Å². The summed E-state index contributed by atoms with van der Waals surface area (Å²) in [5, 5.41) is 2.14. The summed E-state index contributed by atoms with van der Waals surface area (Å²) in [7, 11) is 0. The zero-order valence-corrected chi connectivity index (χ0v) is 11.7. The van der Waals surface area contributed by atoms with E-state index in [0.29, 0.717) is 6.04 Å². The molecule has 1 aliphatic carbocycles. The second-order valence-electron chi connectivity index (χ2n) is 5.46. The van der Waals surface area contributed by atoms with Gasteiger partial charge in [-0.3, -0.25) is 0 Å². The molecule has 1 aromatic rings. The van der Waals surface area contributed by atoms with Crippen molar-refractivity contribution in [2.75, 3.05) is 0 Å². The first-order chi connectivity index (χ1) is 8.31. The molecule has 1 unspecified atom stereocenters. The fourth-order valence-electron chi connectivity index (χ4n) is 3.04. The molecule has 2 N–H and O–H groups in total. The standard InChI is InChI=1S/C15H25NS/c1-2-3-5-12-7-9-13(10-8-12)15(16)14-6-4-11-17-14/h4,6,11-13,15H,2-3,5,7-10,16H2,1H3. The van der Waals surface area contributed by atoms with Crippen LogP contribution in [0.4, 0.5) is 0 Å². The number of hydrogen-bond donors (Lipinski definition) is 1. The molecule has 1 atom stereocenters. The Balaban J connectivity index is 1.79. The summed E-state index contributed by atoms with van der Waals surface area (Å²) in [6, 6.07) is 4.60. The van der Waals surface area contributed by atoms with Crippen molar-refractivity contribution in [3.05, 3.63) is 22.4 Å². The SMILES string of the molecule is CCCCC1CCC(C(N)c2cccs2)CC1. The Bertz CT molecular complexity index is 299. The molecule has 2 rings (SSSR count). The predicted octanol–water partition coefficient (Wildman–Crippen LogP) is 4.74. The summed E-state index contributed by atoms with van der Waals surface area (Å²) < 4.78 is 0. The van der Waals surface area contributed by atoms with E-state index < -0.39 is 0 Å². The quantitative estimate of drug-likeness (QED) is 0.803. The van der Waals surface area contributed by atoms with Gasteiger partial charge in [0.1, 0.15) is 0 Å². The van der Waals surface area contributed by atoms with Crippen molar-refractivity contribution >= 4 is 11.3 Å². The number of thiophene rings is 1. The number of hydrogen-bond acceptors (Lipinski definition) is 2. The molecule has 0 amide bonds. The van der Waals surface area contributed by atoms with Crippen molar-refractivity contribution in [1.29, 1.82) is 0 Å². The third kappa shape index (κ3) is 3.56. The molecule has 1 aliphatic rings. The van der Waals surface area contributed by atoms with Gasteiger partial charge in [-0.25, -0.2) is 0 Å². The van der Waals surface area contributed by atoms with E-state index in [0.717, 1.165) is 11.8 Å². The van der Waals surface area contributed by atoms with E-state index in [1.54, 1.807) is 0 Å². The lowest BCUT2D eigenvalue weighted by molar-refractivity contribution is 0.234. The number of nitrogens with two attached hydrogens (primary N) is 1. The van der Waals surface area contributed by atoms with Crippen molar-refractivity contribution in [3.63, 3.8) is 0 Å². The largest absolute Gasteiger partial charge is 0.323 e. The molecule has 1 fully saturated rings. The van der Waals surface area contributed by atoms with Crippen LogP contribution in [0.5, 0.6) is 0 Å². The van der Waals surface area contributed by atoms with E-state index >= 15 is 0 Å². The summed E-state index contributed by atoms with van der Waals surface area (Å²) in [5.74, 6) is 1.72. The van der Waals surface area contributed by atoms with Crippen molar-refractivity contribution in [2.24, 2.45) is 17.6 Å². The van der Waals surface area contributed by atoms with E-state index in [2.05, 4.69) is 24.4 Å². The molecule has 1 aromatic heterocycles. The zero-order chi connectivity index (χ0) is 12.1. The van der Waals surface area contributed by atoms with E-state index in [4.69, 9.17) is 5.73 Å². The average molecular weight is 251 g/mol. The zero-order valence-electron chi connectivity index (χ0n) is 10.9. The van der Waals surface area contributed by atoms with Gasteiger partial charge in [0.2, 0.25) is 0 Å². The Labute approximate surface area is 109 Å².